The van der Waals surface area contributed by atoms with Gasteiger partial charge in [-0.1, -0.05) is 37.0 Å². The molecule has 112 valence electrons. The van der Waals surface area contributed by atoms with E-state index in [1.54, 1.807) is 6.07 Å². The summed E-state index contributed by atoms with van der Waals surface area (Å²) in [4.78, 5) is 0. The van der Waals surface area contributed by atoms with E-state index in [-0.39, 0.29) is 6.61 Å². The van der Waals surface area contributed by atoms with Crippen LogP contribution in [0.3, 0.4) is 0 Å². The molecule has 0 bridgehead atoms. The average Bonchev–Trinajstić information content (AvgIpc) is 2.47. The zero-order valence-corrected chi connectivity index (χ0v) is 12.4. The van der Waals surface area contributed by atoms with E-state index in [1.807, 2.05) is 19.1 Å². The van der Waals surface area contributed by atoms with Gasteiger partial charge in [0, 0.05) is 24.8 Å². The fourth-order valence-corrected chi connectivity index (χ4v) is 3.28. The Morgan fingerprint density at radius 1 is 1.25 bits per heavy atom. The summed E-state index contributed by atoms with van der Waals surface area (Å²) in [6, 6.07) is 6.07. The molecule has 0 heterocycles. The minimum absolute atomic E-state index is 0.230. The molecule has 1 aromatic rings. The Bertz CT molecular complexity index is 413. The summed E-state index contributed by atoms with van der Waals surface area (Å²) >= 11 is 0. The minimum atomic E-state index is 0.230. The first-order valence-electron chi connectivity index (χ1n) is 7.83. The van der Waals surface area contributed by atoms with Gasteiger partial charge in [0.25, 0.3) is 0 Å². The molecule has 20 heavy (non-hydrogen) atoms. The first-order chi connectivity index (χ1) is 9.70. The second-order valence-electron chi connectivity index (χ2n) is 6.03. The highest BCUT2D eigenvalue weighted by Gasteiger charge is 2.23. The van der Waals surface area contributed by atoms with Crippen molar-refractivity contribution in [2.24, 2.45) is 5.92 Å². The number of nitrogens with one attached hydrogen (secondary N) is 1. The highest BCUT2D eigenvalue weighted by molar-refractivity contribution is 5.35. The van der Waals surface area contributed by atoms with Crippen LogP contribution in [0.5, 0.6) is 5.75 Å². The van der Waals surface area contributed by atoms with Gasteiger partial charge in [-0.05, 0) is 38.2 Å². The van der Waals surface area contributed by atoms with E-state index in [0.29, 0.717) is 24.3 Å². The monoisotopic (exact) mass is 277 g/mol. The molecule has 0 spiro atoms. The molecular formula is C17H27NO2. The van der Waals surface area contributed by atoms with Crippen LogP contribution in [0.2, 0.25) is 0 Å². The second-order valence-corrected chi connectivity index (χ2v) is 6.03. The molecule has 1 aliphatic carbocycles. The molecule has 0 amide bonds. The molecule has 1 unspecified atom stereocenters. The lowest BCUT2D eigenvalue weighted by Gasteiger charge is -2.31. The van der Waals surface area contributed by atoms with Crippen molar-refractivity contribution in [1.82, 2.24) is 5.32 Å². The van der Waals surface area contributed by atoms with Crippen LogP contribution in [-0.4, -0.2) is 22.9 Å². The molecule has 1 aliphatic rings. The third-order valence-electron chi connectivity index (χ3n) is 4.45. The highest BCUT2D eigenvalue weighted by Crippen LogP contribution is 2.28. The molecule has 0 saturated heterocycles. The van der Waals surface area contributed by atoms with E-state index in [1.165, 1.54) is 32.1 Å². The van der Waals surface area contributed by atoms with Crippen LogP contribution in [0.25, 0.3) is 0 Å². The van der Waals surface area contributed by atoms with Crippen molar-refractivity contribution in [2.75, 3.05) is 6.61 Å². The van der Waals surface area contributed by atoms with Crippen LogP contribution < -0.4 is 5.32 Å². The van der Waals surface area contributed by atoms with Crippen molar-refractivity contribution in [3.8, 4) is 5.75 Å². The van der Waals surface area contributed by atoms with Crippen LogP contribution >= 0.6 is 0 Å². The molecule has 3 N–H and O–H groups in total. The maximum atomic E-state index is 9.90. The molecule has 1 aromatic carbocycles. The summed E-state index contributed by atoms with van der Waals surface area (Å²) in [6.07, 6.45) is 7.29. The predicted octanol–water partition coefficient (Wildman–Crippen LogP) is 3.12. The topological polar surface area (TPSA) is 52.5 Å². The summed E-state index contributed by atoms with van der Waals surface area (Å²) in [5.41, 5.74) is 2.11. The standard InChI is InChI=1S/C17H27NO2/c1-13-7-8-17(20)15(11-13)12-18-16(9-10-19)14-5-3-2-4-6-14/h7-8,11,14,16,18-20H,2-6,9-10,12H2,1H3. The third-order valence-corrected chi connectivity index (χ3v) is 4.45. The molecule has 1 saturated carbocycles. The average molecular weight is 277 g/mol. The zero-order valence-electron chi connectivity index (χ0n) is 12.4. The number of hydrogen-bond acceptors (Lipinski definition) is 3. The van der Waals surface area contributed by atoms with Crippen LogP contribution in [-0.2, 0) is 6.54 Å². The van der Waals surface area contributed by atoms with Gasteiger partial charge in [0.1, 0.15) is 5.75 Å². The largest absolute Gasteiger partial charge is 0.508 e. The fraction of sp³-hybridized carbons (Fsp3) is 0.647. The number of aliphatic hydroxyl groups is 1. The molecular weight excluding hydrogens is 250 g/mol. The zero-order chi connectivity index (χ0) is 14.4. The van der Waals surface area contributed by atoms with E-state index in [4.69, 9.17) is 0 Å². The summed E-state index contributed by atoms with van der Waals surface area (Å²) in [6.45, 7) is 2.94. The Morgan fingerprint density at radius 2 is 2.00 bits per heavy atom. The number of rotatable bonds is 6. The summed E-state index contributed by atoms with van der Waals surface area (Å²) in [5, 5.41) is 22.7. The number of phenols is 1. The van der Waals surface area contributed by atoms with Gasteiger partial charge in [-0.25, -0.2) is 0 Å². The Kier molecular flexibility index (Phi) is 5.86. The van der Waals surface area contributed by atoms with Gasteiger partial charge >= 0.3 is 0 Å². The number of benzene rings is 1. The van der Waals surface area contributed by atoms with E-state index < -0.39 is 0 Å². The normalized spacial score (nSPS) is 18.1. The van der Waals surface area contributed by atoms with Crippen LogP contribution in [0.1, 0.15) is 49.7 Å². The van der Waals surface area contributed by atoms with Crippen molar-refractivity contribution >= 4 is 0 Å². The van der Waals surface area contributed by atoms with E-state index in [0.717, 1.165) is 17.5 Å². The first-order valence-corrected chi connectivity index (χ1v) is 7.83. The first kappa shape index (κ1) is 15.3. The third kappa shape index (κ3) is 4.22. The van der Waals surface area contributed by atoms with Gasteiger partial charge in [-0.3, -0.25) is 0 Å². The lowest BCUT2D eigenvalue weighted by atomic mass is 9.82. The number of phenolic OH excluding ortho intramolecular Hbond substituents is 1. The smallest absolute Gasteiger partial charge is 0.120 e. The van der Waals surface area contributed by atoms with E-state index in [9.17, 15) is 10.2 Å². The lowest BCUT2D eigenvalue weighted by Crippen LogP contribution is -2.37. The summed E-state index contributed by atoms with van der Waals surface area (Å²) in [7, 11) is 0. The number of aromatic hydroxyl groups is 1. The number of aliphatic hydroxyl groups excluding tert-OH is 1. The highest BCUT2D eigenvalue weighted by atomic mass is 16.3. The van der Waals surface area contributed by atoms with Crippen molar-refractivity contribution in [3.63, 3.8) is 0 Å². The van der Waals surface area contributed by atoms with Gasteiger partial charge in [-0.2, -0.15) is 0 Å². The minimum Gasteiger partial charge on any atom is -0.508 e. The van der Waals surface area contributed by atoms with Gasteiger partial charge in [0.05, 0.1) is 0 Å². The van der Waals surface area contributed by atoms with Crippen LogP contribution in [0.15, 0.2) is 18.2 Å². The maximum Gasteiger partial charge on any atom is 0.120 e. The van der Waals surface area contributed by atoms with Crippen molar-refractivity contribution in [1.29, 1.82) is 0 Å². The lowest BCUT2D eigenvalue weighted by molar-refractivity contribution is 0.205. The summed E-state index contributed by atoms with van der Waals surface area (Å²) in [5.74, 6) is 1.03. The maximum absolute atomic E-state index is 9.90. The molecule has 2 rings (SSSR count). The second kappa shape index (κ2) is 7.65. The molecule has 0 aliphatic heterocycles. The quantitative estimate of drug-likeness (QED) is 0.749. The number of aryl methyl sites for hydroxylation is 1. The van der Waals surface area contributed by atoms with Gasteiger partial charge < -0.3 is 15.5 Å². The van der Waals surface area contributed by atoms with E-state index >= 15 is 0 Å². The van der Waals surface area contributed by atoms with Gasteiger partial charge in [0.2, 0.25) is 0 Å². The Balaban J connectivity index is 1.95. The Hall–Kier alpha value is -1.06. The van der Waals surface area contributed by atoms with Crippen molar-refractivity contribution in [3.05, 3.63) is 29.3 Å². The molecule has 1 atom stereocenters. The predicted molar refractivity (Wildman–Crippen MR) is 81.7 cm³/mol. The Morgan fingerprint density at radius 3 is 2.70 bits per heavy atom. The Labute approximate surface area is 122 Å². The van der Waals surface area contributed by atoms with Gasteiger partial charge in [0.15, 0.2) is 0 Å². The summed E-state index contributed by atoms with van der Waals surface area (Å²) < 4.78 is 0. The fourth-order valence-electron chi connectivity index (χ4n) is 3.28. The molecule has 1 fully saturated rings. The molecule has 0 radical (unpaired) electrons. The molecule has 0 aromatic heterocycles. The van der Waals surface area contributed by atoms with Crippen molar-refractivity contribution < 1.29 is 10.2 Å². The molecule has 3 heteroatoms. The van der Waals surface area contributed by atoms with Crippen molar-refractivity contribution in [2.45, 2.75) is 58.0 Å². The van der Waals surface area contributed by atoms with E-state index in [2.05, 4.69) is 5.32 Å². The van der Waals surface area contributed by atoms with Crippen LogP contribution in [0.4, 0.5) is 0 Å². The molecule has 3 nitrogen and oxygen atoms in total. The SMILES string of the molecule is Cc1ccc(O)c(CNC(CCO)C2CCCCC2)c1. The van der Waals surface area contributed by atoms with Crippen LogP contribution in [0, 0.1) is 12.8 Å². The van der Waals surface area contributed by atoms with Gasteiger partial charge in [-0.15, -0.1) is 0 Å². The number of hydrogen-bond donors (Lipinski definition) is 3.